The van der Waals surface area contributed by atoms with Crippen molar-refractivity contribution in [3.05, 3.63) is 28.0 Å². The zero-order chi connectivity index (χ0) is 15.0. The molecule has 112 valence electrons. The predicted molar refractivity (Wildman–Crippen MR) is 76.1 cm³/mol. The van der Waals surface area contributed by atoms with Gasteiger partial charge in [0, 0.05) is 24.8 Å². The van der Waals surface area contributed by atoms with E-state index in [-0.39, 0.29) is 17.9 Å². The fourth-order valence-corrected chi connectivity index (χ4v) is 1.88. The van der Waals surface area contributed by atoms with Crippen molar-refractivity contribution < 1.29 is 23.4 Å². The molecule has 0 bridgehead atoms. The summed E-state index contributed by atoms with van der Waals surface area (Å²) in [5.41, 5.74) is 5.49. The van der Waals surface area contributed by atoms with Crippen LogP contribution >= 0.6 is 15.9 Å². The first-order valence-electron chi connectivity index (χ1n) is 6.04. The highest BCUT2D eigenvalue weighted by Gasteiger charge is 2.14. The Bertz CT molecular complexity index is 456. The van der Waals surface area contributed by atoms with Crippen molar-refractivity contribution in [3.8, 4) is 0 Å². The lowest BCUT2D eigenvalue weighted by Gasteiger charge is -2.08. The molecule has 0 saturated heterocycles. The summed E-state index contributed by atoms with van der Waals surface area (Å²) in [6.07, 6.45) is 0.782. The smallest absolute Gasteiger partial charge is 0.339 e. The number of hydrogen-bond donors (Lipinski definition) is 1. The molecule has 0 fully saturated rings. The zero-order valence-electron chi connectivity index (χ0n) is 11.2. The van der Waals surface area contributed by atoms with Crippen molar-refractivity contribution in [1.29, 1.82) is 0 Å². The van der Waals surface area contributed by atoms with Crippen molar-refractivity contribution in [2.24, 2.45) is 0 Å². The Morgan fingerprint density at radius 2 is 2.05 bits per heavy atom. The highest BCUT2D eigenvalue weighted by molar-refractivity contribution is 9.10. The maximum atomic E-state index is 13.1. The van der Waals surface area contributed by atoms with E-state index in [2.05, 4.69) is 15.9 Å². The first-order chi connectivity index (χ1) is 9.56. The van der Waals surface area contributed by atoms with Crippen molar-refractivity contribution in [2.45, 2.75) is 6.42 Å². The summed E-state index contributed by atoms with van der Waals surface area (Å²) in [4.78, 5) is 11.8. The SMILES string of the molecule is COCCCOCCOC(=O)c1cc(N)c(F)cc1Br. The summed E-state index contributed by atoms with van der Waals surface area (Å²) in [6, 6.07) is 2.37. The quantitative estimate of drug-likeness (QED) is 0.443. The second kappa shape index (κ2) is 8.89. The largest absolute Gasteiger partial charge is 0.460 e. The van der Waals surface area contributed by atoms with Crippen molar-refractivity contribution in [2.75, 3.05) is 39.3 Å². The first-order valence-corrected chi connectivity index (χ1v) is 6.84. The Kier molecular flexibility index (Phi) is 7.50. The fraction of sp³-hybridized carbons (Fsp3) is 0.462. The monoisotopic (exact) mass is 349 g/mol. The molecule has 1 aromatic carbocycles. The van der Waals surface area contributed by atoms with E-state index in [4.69, 9.17) is 19.9 Å². The molecule has 20 heavy (non-hydrogen) atoms. The van der Waals surface area contributed by atoms with E-state index in [0.717, 1.165) is 12.5 Å². The van der Waals surface area contributed by atoms with E-state index in [1.54, 1.807) is 7.11 Å². The molecular formula is C13H17BrFNO4. The third kappa shape index (κ3) is 5.44. The molecule has 0 aliphatic rings. The standard InChI is InChI=1S/C13H17BrFNO4/c1-18-3-2-4-19-5-6-20-13(17)9-7-12(16)11(15)8-10(9)14/h7-8H,2-6,16H2,1H3. The van der Waals surface area contributed by atoms with Gasteiger partial charge in [-0.05, 0) is 34.5 Å². The van der Waals surface area contributed by atoms with Crippen LogP contribution in [0.5, 0.6) is 0 Å². The van der Waals surface area contributed by atoms with Gasteiger partial charge in [0.05, 0.1) is 17.9 Å². The number of hydrogen-bond acceptors (Lipinski definition) is 5. The van der Waals surface area contributed by atoms with Gasteiger partial charge in [0.2, 0.25) is 0 Å². The van der Waals surface area contributed by atoms with Crippen LogP contribution in [0.25, 0.3) is 0 Å². The number of carbonyl (C=O) groups excluding carboxylic acids is 1. The lowest BCUT2D eigenvalue weighted by atomic mass is 10.2. The second-order valence-electron chi connectivity index (χ2n) is 3.95. The molecule has 5 nitrogen and oxygen atoms in total. The van der Waals surface area contributed by atoms with Gasteiger partial charge in [-0.2, -0.15) is 0 Å². The lowest BCUT2D eigenvalue weighted by molar-refractivity contribution is 0.0287. The summed E-state index contributed by atoms with van der Waals surface area (Å²) >= 11 is 3.09. The van der Waals surface area contributed by atoms with Gasteiger partial charge >= 0.3 is 5.97 Å². The normalized spacial score (nSPS) is 10.6. The third-order valence-corrected chi connectivity index (χ3v) is 3.06. The van der Waals surface area contributed by atoms with Gasteiger partial charge in [0.1, 0.15) is 12.4 Å². The van der Waals surface area contributed by atoms with Gasteiger partial charge in [-0.25, -0.2) is 9.18 Å². The van der Waals surface area contributed by atoms with Crippen LogP contribution in [0.2, 0.25) is 0 Å². The van der Waals surface area contributed by atoms with Gasteiger partial charge < -0.3 is 19.9 Å². The van der Waals surface area contributed by atoms with Crippen LogP contribution in [-0.4, -0.2) is 39.5 Å². The Balaban J connectivity index is 2.34. The van der Waals surface area contributed by atoms with E-state index in [1.807, 2.05) is 0 Å². The average Bonchev–Trinajstić information content (AvgIpc) is 2.41. The minimum absolute atomic E-state index is 0.101. The summed E-state index contributed by atoms with van der Waals surface area (Å²) in [6.45, 7) is 1.58. The van der Waals surface area contributed by atoms with Crippen LogP contribution in [0.15, 0.2) is 16.6 Å². The molecule has 0 atom stereocenters. The molecule has 0 aliphatic carbocycles. The number of halogens is 2. The van der Waals surface area contributed by atoms with Crippen LogP contribution in [0.4, 0.5) is 10.1 Å². The number of rotatable bonds is 8. The van der Waals surface area contributed by atoms with Crippen molar-refractivity contribution in [3.63, 3.8) is 0 Å². The molecule has 0 saturated carbocycles. The van der Waals surface area contributed by atoms with Crippen LogP contribution in [0, 0.1) is 5.82 Å². The van der Waals surface area contributed by atoms with E-state index in [1.165, 1.54) is 6.07 Å². The molecule has 0 radical (unpaired) electrons. The third-order valence-electron chi connectivity index (χ3n) is 2.40. The van der Waals surface area contributed by atoms with Crippen LogP contribution < -0.4 is 5.73 Å². The van der Waals surface area contributed by atoms with E-state index in [9.17, 15) is 9.18 Å². The molecule has 0 amide bonds. The maximum absolute atomic E-state index is 13.1. The molecule has 0 spiro atoms. The van der Waals surface area contributed by atoms with Gasteiger partial charge in [-0.3, -0.25) is 0 Å². The summed E-state index contributed by atoms with van der Waals surface area (Å²) < 4.78 is 28.6. The number of nitrogen functional groups attached to an aromatic ring is 1. The Hall–Kier alpha value is -1.18. The molecule has 2 N–H and O–H groups in total. The summed E-state index contributed by atoms with van der Waals surface area (Å²) in [5, 5.41) is 0. The molecule has 1 aromatic rings. The second-order valence-corrected chi connectivity index (χ2v) is 4.80. The lowest BCUT2D eigenvalue weighted by Crippen LogP contribution is -2.13. The van der Waals surface area contributed by atoms with E-state index < -0.39 is 11.8 Å². The van der Waals surface area contributed by atoms with Crippen molar-refractivity contribution >= 4 is 27.6 Å². The number of carbonyl (C=O) groups is 1. The molecule has 0 heterocycles. The van der Waals surface area contributed by atoms with Crippen molar-refractivity contribution in [1.82, 2.24) is 0 Å². The zero-order valence-corrected chi connectivity index (χ0v) is 12.7. The highest BCUT2D eigenvalue weighted by atomic mass is 79.9. The number of anilines is 1. The van der Waals surface area contributed by atoms with Gasteiger partial charge in [0.25, 0.3) is 0 Å². The Labute approximate surface area is 125 Å². The molecule has 0 aliphatic heterocycles. The van der Waals surface area contributed by atoms with Gasteiger partial charge in [-0.1, -0.05) is 0 Å². The first kappa shape index (κ1) is 16.9. The number of methoxy groups -OCH3 is 1. The molecule has 0 aromatic heterocycles. The topological polar surface area (TPSA) is 70.8 Å². The highest BCUT2D eigenvalue weighted by Crippen LogP contribution is 2.23. The van der Waals surface area contributed by atoms with Gasteiger partial charge in [-0.15, -0.1) is 0 Å². The number of benzene rings is 1. The fourth-order valence-electron chi connectivity index (χ4n) is 1.40. The minimum Gasteiger partial charge on any atom is -0.460 e. The molecular weight excluding hydrogens is 333 g/mol. The van der Waals surface area contributed by atoms with Crippen LogP contribution in [-0.2, 0) is 14.2 Å². The summed E-state index contributed by atoms with van der Waals surface area (Å²) in [7, 11) is 1.62. The Morgan fingerprint density at radius 1 is 1.30 bits per heavy atom. The van der Waals surface area contributed by atoms with E-state index >= 15 is 0 Å². The predicted octanol–water partition coefficient (Wildman–Crippen LogP) is 2.38. The van der Waals surface area contributed by atoms with Crippen LogP contribution in [0.3, 0.4) is 0 Å². The molecule has 0 unspecified atom stereocenters. The number of ether oxygens (including phenoxy) is 3. The Morgan fingerprint density at radius 3 is 2.75 bits per heavy atom. The average molecular weight is 350 g/mol. The molecule has 7 heteroatoms. The maximum Gasteiger partial charge on any atom is 0.339 e. The number of nitrogens with two attached hydrogens (primary N) is 1. The van der Waals surface area contributed by atoms with Gasteiger partial charge in [0.15, 0.2) is 0 Å². The van der Waals surface area contributed by atoms with Crippen LogP contribution in [0.1, 0.15) is 16.8 Å². The summed E-state index contributed by atoms with van der Waals surface area (Å²) in [5.74, 6) is -1.17. The number of esters is 1. The molecule has 1 rings (SSSR count). The minimum atomic E-state index is -0.588. The van der Waals surface area contributed by atoms with E-state index in [0.29, 0.717) is 24.3 Å².